The molecule has 0 saturated heterocycles. The number of allylic oxidation sites excluding steroid dienone is 1. The average Bonchev–Trinajstić information content (AvgIpc) is 2.27. The Morgan fingerprint density at radius 3 is 2.40 bits per heavy atom. The Morgan fingerprint density at radius 2 is 1.87 bits per heavy atom. The minimum absolute atomic E-state index is 0.0575. The Hall–Kier alpha value is -0.930. The van der Waals surface area contributed by atoms with Gasteiger partial charge in [0.1, 0.15) is 0 Å². The summed E-state index contributed by atoms with van der Waals surface area (Å²) in [5, 5.41) is 8.86. The lowest BCUT2D eigenvalue weighted by molar-refractivity contribution is 0.282. The molecule has 0 radical (unpaired) electrons. The van der Waals surface area contributed by atoms with Crippen LogP contribution in [0.3, 0.4) is 0 Å². The largest absolute Gasteiger partial charge is 0.392 e. The van der Waals surface area contributed by atoms with Crippen molar-refractivity contribution in [3.63, 3.8) is 0 Å². The number of rotatable bonds is 5. The highest BCUT2D eigenvalue weighted by Crippen LogP contribution is 2.07. The van der Waals surface area contributed by atoms with E-state index in [1.165, 1.54) is 0 Å². The fraction of sp³-hybridized carbons (Fsp3) is 0.333. The lowest BCUT2D eigenvalue weighted by Crippen LogP contribution is -1.98. The average molecular weight is 224 g/mol. The third-order valence-corrected chi connectivity index (χ3v) is 3.27. The normalized spacial score (nSPS) is 13.2. The summed E-state index contributed by atoms with van der Waals surface area (Å²) in [6, 6.07) is 7.56. The van der Waals surface area contributed by atoms with Gasteiger partial charge in [0.25, 0.3) is 0 Å². The number of benzene rings is 1. The Labute approximate surface area is 93.1 Å². The SMILES string of the molecule is C/C=C/CS(=O)Cc1ccc(CO)cc1. The molecule has 3 heteroatoms. The molecule has 1 unspecified atom stereocenters. The molecule has 82 valence electrons. The van der Waals surface area contributed by atoms with Gasteiger partial charge in [0.15, 0.2) is 0 Å². The number of hydrogen-bond acceptors (Lipinski definition) is 2. The van der Waals surface area contributed by atoms with Gasteiger partial charge >= 0.3 is 0 Å². The molecule has 0 bridgehead atoms. The van der Waals surface area contributed by atoms with E-state index in [-0.39, 0.29) is 6.61 Å². The lowest BCUT2D eigenvalue weighted by Gasteiger charge is -2.01. The highest BCUT2D eigenvalue weighted by atomic mass is 32.2. The van der Waals surface area contributed by atoms with E-state index in [9.17, 15) is 4.21 Å². The molecule has 1 N–H and O–H groups in total. The first-order valence-electron chi connectivity index (χ1n) is 4.91. The molecule has 2 nitrogen and oxygen atoms in total. The molecule has 0 heterocycles. The van der Waals surface area contributed by atoms with E-state index in [1.54, 1.807) is 0 Å². The van der Waals surface area contributed by atoms with Crippen molar-refractivity contribution < 1.29 is 9.32 Å². The zero-order valence-electron chi connectivity index (χ0n) is 8.85. The van der Waals surface area contributed by atoms with E-state index in [0.29, 0.717) is 11.5 Å². The Bertz CT molecular complexity index is 341. The lowest BCUT2D eigenvalue weighted by atomic mass is 10.2. The van der Waals surface area contributed by atoms with Gasteiger partial charge in [-0.25, -0.2) is 0 Å². The minimum Gasteiger partial charge on any atom is -0.392 e. The number of aliphatic hydroxyl groups excluding tert-OH is 1. The molecule has 1 atom stereocenters. The molecule has 15 heavy (non-hydrogen) atoms. The van der Waals surface area contributed by atoms with Crippen molar-refractivity contribution in [1.29, 1.82) is 0 Å². The van der Waals surface area contributed by atoms with Gasteiger partial charge in [-0.2, -0.15) is 0 Å². The van der Waals surface area contributed by atoms with Crippen molar-refractivity contribution in [2.45, 2.75) is 19.3 Å². The minimum atomic E-state index is -0.829. The van der Waals surface area contributed by atoms with E-state index in [2.05, 4.69) is 0 Å². The van der Waals surface area contributed by atoms with E-state index < -0.39 is 10.8 Å². The predicted molar refractivity (Wildman–Crippen MR) is 63.9 cm³/mol. The zero-order valence-corrected chi connectivity index (χ0v) is 9.67. The fourth-order valence-corrected chi connectivity index (χ4v) is 2.28. The molecule has 0 fully saturated rings. The van der Waals surface area contributed by atoms with E-state index in [1.807, 2.05) is 43.3 Å². The summed E-state index contributed by atoms with van der Waals surface area (Å²) in [5.41, 5.74) is 1.94. The third kappa shape index (κ3) is 4.40. The van der Waals surface area contributed by atoms with Crippen LogP contribution in [0, 0.1) is 0 Å². The molecule has 0 amide bonds. The summed E-state index contributed by atoms with van der Waals surface area (Å²) < 4.78 is 11.5. The van der Waals surface area contributed by atoms with Gasteiger partial charge in [0.05, 0.1) is 6.61 Å². The van der Waals surface area contributed by atoms with Crippen LogP contribution in [0.1, 0.15) is 18.1 Å². The Balaban J connectivity index is 2.53. The fourth-order valence-electron chi connectivity index (χ4n) is 1.19. The van der Waals surface area contributed by atoms with Crippen molar-refractivity contribution in [2.24, 2.45) is 0 Å². The van der Waals surface area contributed by atoms with Crippen LogP contribution in [0.25, 0.3) is 0 Å². The summed E-state index contributed by atoms with van der Waals surface area (Å²) in [7, 11) is -0.829. The van der Waals surface area contributed by atoms with Crippen LogP contribution in [0.2, 0.25) is 0 Å². The zero-order chi connectivity index (χ0) is 11.1. The third-order valence-electron chi connectivity index (χ3n) is 2.05. The van der Waals surface area contributed by atoms with Gasteiger partial charge in [-0.15, -0.1) is 0 Å². The molecular formula is C12H16O2S. The van der Waals surface area contributed by atoms with Crippen molar-refractivity contribution in [2.75, 3.05) is 5.75 Å². The maximum Gasteiger partial charge on any atom is 0.0681 e. The number of aliphatic hydroxyl groups is 1. The molecule has 1 aromatic carbocycles. The predicted octanol–water partition coefficient (Wildman–Crippen LogP) is 2.00. The molecular weight excluding hydrogens is 208 g/mol. The van der Waals surface area contributed by atoms with Gasteiger partial charge in [-0.3, -0.25) is 4.21 Å². The molecule has 1 rings (SSSR count). The van der Waals surface area contributed by atoms with Crippen molar-refractivity contribution in [3.05, 3.63) is 47.5 Å². The summed E-state index contributed by atoms with van der Waals surface area (Å²) in [6.07, 6.45) is 3.82. The van der Waals surface area contributed by atoms with Crippen molar-refractivity contribution >= 4 is 10.8 Å². The van der Waals surface area contributed by atoms with Gasteiger partial charge < -0.3 is 5.11 Å². The number of hydrogen-bond donors (Lipinski definition) is 1. The van der Waals surface area contributed by atoms with Crippen LogP contribution in [-0.4, -0.2) is 15.1 Å². The van der Waals surface area contributed by atoms with Gasteiger partial charge in [-0.1, -0.05) is 36.4 Å². The summed E-state index contributed by atoms with van der Waals surface area (Å²) >= 11 is 0. The highest BCUT2D eigenvalue weighted by Gasteiger charge is 1.99. The van der Waals surface area contributed by atoms with E-state index in [4.69, 9.17) is 5.11 Å². The second kappa shape index (κ2) is 6.53. The highest BCUT2D eigenvalue weighted by molar-refractivity contribution is 7.84. The second-order valence-electron chi connectivity index (χ2n) is 3.29. The van der Waals surface area contributed by atoms with Crippen LogP contribution in [0.4, 0.5) is 0 Å². The molecule has 0 aliphatic rings. The van der Waals surface area contributed by atoms with Crippen LogP contribution in [0.15, 0.2) is 36.4 Å². The molecule has 0 saturated carbocycles. The molecule has 0 spiro atoms. The van der Waals surface area contributed by atoms with E-state index >= 15 is 0 Å². The Morgan fingerprint density at radius 1 is 1.27 bits per heavy atom. The Kier molecular flexibility index (Phi) is 5.29. The van der Waals surface area contributed by atoms with Crippen LogP contribution in [0.5, 0.6) is 0 Å². The summed E-state index contributed by atoms with van der Waals surface area (Å²) in [4.78, 5) is 0. The first kappa shape index (κ1) is 12.1. The van der Waals surface area contributed by atoms with E-state index in [0.717, 1.165) is 11.1 Å². The van der Waals surface area contributed by atoms with Gasteiger partial charge in [-0.05, 0) is 18.1 Å². The molecule has 0 aromatic heterocycles. The van der Waals surface area contributed by atoms with Crippen molar-refractivity contribution in [1.82, 2.24) is 0 Å². The first-order chi connectivity index (χ1) is 7.26. The smallest absolute Gasteiger partial charge is 0.0681 e. The van der Waals surface area contributed by atoms with Crippen LogP contribution < -0.4 is 0 Å². The monoisotopic (exact) mass is 224 g/mol. The van der Waals surface area contributed by atoms with Crippen LogP contribution in [-0.2, 0) is 23.2 Å². The van der Waals surface area contributed by atoms with Gasteiger partial charge in [0, 0.05) is 22.3 Å². The molecule has 0 aliphatic heterocycles. The van der Waals surface area contributed by atoms with Gasteiger partial charge in [0.2, 0.25) is 0 Å². The molecule has 0 aliphatic carbocycles. The maximum atomic E-state index is 11.5. The maximum absolute atomic E-state index is 11.5. The van der Waals surface area contributed by atoms with Crippen LogP contribution >= 0.6 is 0 Å². The summed E-state index contributed by atoms with van der Waals surface area (Å²) in [5.74, 6) is 1.19. The topological polar surface area (TPSA) is 37.3 Å². The van der Waals surface area contributed by atoms with Crippen molar-refractivity contribution in [3.8, 4) is 0 Å². The molecule has 1 aromatic rings. The first-order valence-corrected chi connectivity index (χ1v) is 6.40. The second-order valence-corrected chi connectivity index (χ2v) is 4.80. The standard InChI is InChI=1S/C12H16O2S/c1-2-3-8-15(14)10-12-6-4-11(9-13)5-7-12/h2-7,13H,8-10H2,1H3/b3-2+. The quantitative estimate of drug-likeness (QED) is 0.777. The summed E-state index contributed by atoms with van der Waals surface area (Å²) in [6.45, 7) is 1.98.